The van der Waals surface area contributed by atoms with E-state index in [2.05, 4.69) is 45.5 Å². The van der Waals surface area contributed by atoms with Gasteiger partial charge in [-0.2, -0.15) is 13.2 Å². The number of anilines is 2. The first-order chi connectivity index (χ1) is 14.1. The molecule has 7 nitrogen and oxygen atoms in total. The number of hydrogen-bond donors (Lipinski definition) is 1. The molecule has 0 radical (unpaired) electrons. The van der Waals surface area contributed by atoms with E-state index in [0.717, 1.165) is 5.69 Å². The van der Waals surface area contributed by atoms with Crippen LogP contribution in [-0.4, -0.2) is 53.1 Å². The monoisotopic (exact) mass is 441 g/mol. The molecule has 1 saturated heterocycles. The Hall–Kier alpha value is -2.69. The van der Waals surface area contributed by atoms with Crippen LogP contribution in [0.3, 0.4) is 0 Å². The summed E-state index contributed by atoms with van der Waals surface area (Å²) in [6, 6.07) is 6.28. The van der Waals surface area contributed by atoms with Gasteiger partial charge in [-0.1, -0.05) is 29.0 Å². The summed E-state index contributed by atoms with van der Waals surface area (Å²) < 4.78 is 37.5. The standard InChI is InChI=1S/C19H22F3N5O2S/c1-12-3-4-14(13(2)11-12)26-7-9-27(10-8-26)16(29)6-5-15(28)23-18-25-24-17(30-18)19(20,21)22/h3-4,11H,5-10H2,1-2H3,(H,23,25,28). The fraction of sp³-hybridized carbons (Fsp3) is 0.474. The van der Waals surface area contributed by atoms with Crippen LogP contribution in [0.5, 0.6) is 0 Å². The molecule has 0 atom stereocenters. The van der Waals surface area contributed by atoms with E-state index in [1.807, 2.05) is 6.92 Å². The van der Waals surface area contributed by atoms with Crippen LogP contribution in [0.4, 0.5) is 24.0 Å². The van der Waals surface area contributed by atoms with Gasteiger partial charge >= 0.3 is 6.18 Å². The van der Waals surface area contributed by atoms with E-state index in [1.54, 1.807) is 4.90 Å². The third kappa shape index (κ3) is 5.47. The van der Waals surface area contributed by atoms with Gasteiger partial charge in [0.05, 0.1) is 0 Å². The summed E-state index contributed by atoms with van der Waals surface area (Å²) in [6.45, 7) is 6.62. The molecular weight excluding hydrogens is 419 g/mol. The Bertz CT molecular complexity index is 923. The first kappa shape index (κ1) is 22.0. The Balaban J connectivity index is 1.44. The van der Waals surface area contributed by atoms with Crippen molar-refractivity contribution in [1.29, 1.82) is 0 Å². The zero-order valence-electron chi connectivity index (χ0n) is 16.6. The number of nitrogens with zero attached hydrogens (tertiary/aromatic N) is 4. The van der Waals surface area contributed by atoms with Gasteiger partial charge in [-0.15, -0.1) is 10.2 Å². The van der Waals surface area contributed by atoms with Crippen LogP contribution in [0, 0.1) is 13.8 Å². The van der Waals surface area contributed by atoms with Crippen molar-refractivity contribution in [3.63, 3.8) is 0 Å². The number of aromatic nitrogens is 2. The predicted octanol–water partition coefficient (Wildman–Crippen LogP) is 3.24. The quantitative estimate of drug-likeness (QED) is 0.771. The first-order valence-electron chi connectivity index (χ1n) is 9.44. The molecule has 0 aliphatic carbocycles. The van der Waals surface area contributed by atoms with E-state index in [0.29, 0.717) is 26.2 Å². The summed E-state index contributed by atoms with van der Waals surface area (Å²) in [5.41, 5.74) is 3.55. The number of nitrogens with one attached hydrogen (secondary N) is 1. The summed E-state index contributed by atoms with van der Waals surface area (Å²) in [7, 11) is 0. The van der Waals surface area contributed by atoms with Gasteiger partial charge in [-0.3, -0.25) is 9.59 Å². The van der Waals surface area contributed by atoms with Crippen LogP contribution >= 0.6 is 11.3 Å². The van der Waals surface area contributed by atoms with Crippen LogP contribution in [0.25, 0.3) is 0 Å². The normalized spacial score (nSPS) is 14.7. The predicted molar refractivity (Wildman–Crippen MR) is 107 cm³/mol. The van der Waals surface area contributed by atoms with Gasteiger partial charge in [-0.25, -0.2) is 0 Å². The summed E-state index contributed by atoms with van der Waals surface area (Å²) in [5.74, 6) is -0.721. The van der Waals surface area contributed by atoms with Gasteiger partial charge in [-0.05, 0) is 25.5 Å². The number of carbonyl (C=O) groups excluding carboxylic acids is 2. The summed E-state index contributed by atoms with van der Waals surface area (Å²) >= 11 is 0.251. The van der Waals surface area contributed by atoms with Crippen LogP contribution in [0.2, 0.25) is 0 Å². The number of alkyl halides is 3. The van der Waals surface area contributed by atoms with Gasteiger partial charge in [0, 0.05) is 44.7 Å². The molecule has 1 aliphatic rings. The number of hydrogen-bond acceptors (Lipinski definition) is 6. The van der Waals surface area contributed by atoms with E-state index in [9.17, 15) is 22.8 Å². The highest BCUT2D eigenvalue weighted by atomic mass is 32.1. The van der Waals surface area contributed by atoms with Crippen molar-refractivity contribution in [3.05, 3.63) is 34.3 Å². The molecular formula is C19H22F3N5O2S. The number of benzene rings is 1. The average Bonchev–Trinajstić information content (AvgIpc) is 3.15. The number of rotatable bonds is 5. The third-order valence-corrected chi connectivity index (χ3v) is 5.69. The molecule has 0 spiro atoms. The second-order valence-electron chi connectivity index (χ2n) is 7.12. The lowest BCUT2D eigenvalue weighted by Gasteiger charge is -2.37. The Morgan fingerprint density at radius 3 is 2.40 bits per heavy atom. The number of aryl methyl sites for hydroxylation is 2. The molecule has 1 fully saturated rings. The maximum absolute atomic E-state index is 12.5. The molecule has 0 saturated carbocycles. The second kappa shape index (κ2) is 8.99. The Kier molecular flexibility index (Phi) is 6.59. The number of carbonyl (C=O) groups is 2. The number of amides is 2. The minimum atomic E-state index is -4.60. The minimum absolute atomic E-state index is 0.0136. The van der Waals surface area contributed by atoms with Gasteiger partial charge in [0.1, 0.15) is 0 Å². The smallest absolute Gasteiger partial charge is 0.368 e. The minimum Gasteiger partial charge on any atom is -0.368 e. The molecule has 2 amide bonds. The zero-order chi connectivity index (χ0) is 21.9. The van der Waals surface area contributed by atoms with Crippen LogP contribution in [0.15, 0.2) is 18.2 Å². The van der Waals surface area contributed by atoms with Crippen molar-refractivity contribution in [2.75, 3.05) is 36.4 Å². The summed E-state index contributed by atoms with van der Waals surface area (Å²) in [5, 5.41) is 7.20. The van der Waals surface area contributed by atoms with Crippen molar-refractivity contribution in [2.24, 2.45) is 0 Å². The van der Waals surface area contributed by atoms with Crippen molar-refractivity contribution < 1.29 is 22.8 Å². The van der Waals surface area contributed by atoms with Crippen molar-refractivity contribution in [2.45, 2.75) is 32.9 Å². The molecule has 1 aliphatic heterocycles. The largest absolute Gasteiger partial charge is 0.445 e. The molecule has 1 aromatic carbocycles. The summed E-state index contributed by atoms with van der Waals surface area (Å²) in [4.78, 5) is 28.3. The fourth-order valence-electron chi connectivity index (χ4n) is 3.31. The van der Waals surface area contributed by atoms with E-state index in [4.69, 9.17) is 0 Å². The van der Waals surface area contributed by atoms with Crippen LogP contribution < -0.4 is 10.2 Å². The van der Waals surface area contributed by atoms with E-state index in [-0.39, 0.29) is 35.2 Å². The molecule has 1 aromatic heterocycles. The Morgan fingerprint density at radius 1 is 1.10 bits per heavy atom. The maximum atomic E-state index is 12.5. The molecule has 11 heteroatoms. The lowest BCUT2D eigenvalue weighted by molar-refractivity contribution is -0.138. The Labute approximate surface area is 175 Å². The third-order valence-electron chi connectivity index (χ3n) is 4.81. The van der Waals surface area contributed by atoms with Gasteiger partial charge in [0.15, 0.2) is 0 Å². The van der Waals surface area contributed by atoms with E-state index >= 15 is 0 Å². The maximum Gasteiger partial charge on any atom is 0.445 e. The average molecular weight is 441 g/mol. The molecule has 162 valence electrons. The van der Waals surface area contributed by atoms with Crippen LogP contribution in [-0.2, 0) is 15.8 Å². The lowest BCUT2D eigenvalue weighted by Crippen LogP contribution is -2.49. The van der Waals surface area contributed by atoms with Gasteiger partial charge in [0.2, 0.25) is 22.0 Å². The topological polar surface area (TPSA) is 78.4 Å². The van der Waals surface area contributed by atoms with Gasteiger partial charge < -0.3 is 15.1 Å². The SMILES string of the molecule is Cc1ccc(N2CCN(C(=O)CCC(=O)Nc3nnc(C(F)(F)F)s3)CC2)c(C)c1. The molecule has 3 rings (SSSR count). The second-order valence-corrected chi connectivity index (χ2v) is 8.09. The fourth-order valence-corrected chi connectivity index (χ4v) is 3.93. The number of halogens is 3. The highest BCUT2D eigenvalue weighted by Crippen LogP contribution is 2.33. The van der Waals surface area contributed by atoms with E-state index < -0.39 is 17.1 Å². The molecule has 30 heavy (non-hydrogen) atoms. The van der Waals surface area contributed by atoms with Crippen molar-refractivity contribution in [1.82, 2.24) is 15.1 Å². The lowest BCUT2D eigenvalue weighted by atomic mass is 10.1. The Morgan fingerprint density at radius 2 is 1.80 bits per heavy atom. The van der Waals surface area contributed by atoms with Crippen LogP contribution in [0.1, 0.15) is 29.0 Å². The first-order valence-corrected chi connectivity index (χ1v) is 10.3. The molecule has 2 aromatic rings. The molecule has 2 heterocycles. The molecule has 0 unspecified atom stereocenters. The number of piperazine rings is 1. The van der Waals surface area contributed by atoms with Crippen molar-refractivity contribution in [3.8, 4) is 0 Å². The zero-order valence-corrected chi connectivity index (χ0v) is 17.4. The van der Waals surface area contributed by atoms with Gasteiger partial charge in [0.25, 0.3) is 0 Å². The van der Waals surface area contributed by atoms with E-state index in [1.165, 1.54) is 11.1 Å². The summed E-state index contributed by atoms with van der Waals surface area (Å²) in [6.07, 6.45) is -4.74. The highest BCUT2D eigenvalue weighted by Gasteiger charge is 2.35. The molecule has 0 bridgehead atoms. The highest BCUT2D eigenvalue weighted by molar-refractivity contribution is 7.15. The molecule has 1 N–H and O–H groups in total. The van der Waals surface area contributed by atoms with Crippen molar-refractivity contribution >= 4 is 34.0 Å².